The molecule has 1 aliphatic rings. The third kappa shape index (κ3) is 3.64. The third-order valence-corrected chi connectivity index (χ3v) is 4.54. The van der Waals surface area contributed by atoms with Crippen LogP contribution in [0.4, 0.5) is 5.69 Å². The summed E-state index contributed by atoms with van der Waals surface area (Å²) in [5, 5.41) is 0.873. The molecule has 0 aromatic heterocycles. The van der Waals surface area contributed by atoms with E-state index in [1.807, 2.05) is 0 Å². The van der Waals surface area contributed by atoms with E-state index in [-0.39, 0.29) is 6.04 Å². The summed E-state index contributed by atoms with van der Waals surface area (Å²) in [5.74, 6) is 0.823. The van der Waals surface area contributed by atoms with Gasteiger partial charge in [-0.2, -0.15) is 0 Å². The summed E-state index contributed by atoms with van der Waals surface area (Å²) in [5.41, 5.74) is 8.43. The fourth-order valence-corrected chi connectivity index (χ4v) is 3.09. The van der Waals surface area contributed by atoms with Gasteiger partial charge in [0.2, 0.25) is 0 Å². The molecule has 1 heterocycles. The maximum Gasteiger partial charge on any atom is 0.0642 e. The van der Waals surface area contributed by atoms with E-state index in [1.54, 1.807) is 0 Å². The topological polar surface area (TPSA) is 29.3 Å². The van der Waals surface area contributed by atoms with Crippen molar-refractivity contribution in [2.75, 3.05) is 18.0 Å². The van der Waals surface area contributed by atoms with E-state index in [2.05, 4.69) is 36.9 Å². The van der Waals surface area contributed by atoms with Crippen LogP contribution in [0, 0.1) is 5.92 Å². The Kier molecular flexibility index (Phi) is 5.12. The molecule has 1 aromatic carbocycles. The number of rotatable bonds is 5. The van der Waals surface area contributed by atoms with Crippen molar-refractivity contribution in [1.82, 2.24) is 0 Å². The lowest BCUT2D eigenvalue weighted by atomic mass is 10.0. The second-order valence-electron chi connectivity index (χ2n) is 5.67. The molecule has 2 N–H and O–H groups in total. The first kappa shape index (κ1) is 14.7. The molecule has 0 amide bonds. The number of hydrogen-bond acceptors (Lipinski definition) is 2. The molecule has 0 aliphatic carbocycles. The lowest BCUT2D eigenvalue weighted by Gasteiger charge is -2.21. The Labute approximate surface area is 121 Å². The molecule has 1 saturated heterocycles. The first-order valence-corrected chi connectivity index (χ1v) is 7.80. The van der Waals surface area contributed by atoms with Crippen LogP contribution in [0.5, 0.6) is 0 Å². The highest BCUT2D eigenvalue weighted by molar-refractivity contribution is 6.33. The van der Waals surface area contributed by atoms with Crippen molar-refractivity contribution in [3.05, 3.63) is 28.8 Å². The largest absolute Gasteiger partial charge is 0.370 e. The van der Waals surface area contributed by atoms with Gasteiger partial charge in [-0.15, -0.1) is 0 Å². The second-order valence-corrected chi connectivity index (χ2v) is 6.07. The number of nitrogens with zero attached hydrogens (tertiary/aromatic N) is 1. The highest BCUT2D eigenvalue weighted by Gasteiger charge is 2.22. The van der Waals surface area contributed by atoms with Crippen LogP contribution in [-0.4, -0.2) is 19.1 Å². The smallest absolute Gasteiger partial charge is 0.0642 e. The van der Waals surface area contributed by atoms with Crippen LogP contribution in [0.2, 0.25) is 5.02 Å². The van der Waals surface area contributed by atoms with Crippen LogP contribution in [0.1, 0.15) is 38.7 Å². The molecule has 19 heavy (non-hydrogen) atoms. The molecule has 0 bridgehead atoms. The predicted octanol–water partition coefficient (Wildman–Crippen LogP) is 3.86. The number of halogens is 1. The van der Waals surface area contributed by atoms with Gasteiger partial charge in [-0.05, 0) is 42.9 Å². The fraction of sp³-hybridized carbons (Fsp3) is 0.625. The lowest BCUT2D eigenvalue weighted by Crippen LogP contribution is -2.22. The van der Waals surface area contributed by atoms with E-state index < -0.39 is 0 Å². The zero-order valence-corrected chi connectivity index (χ0v) is 12.8. The molecule has 1 fully saturated rings. The summed E-state index contributed by atoms with van der Waals surface area (Å²) >= 11 is 6.44. The van der Waals surface area contributed by atoms with E-state index in [0.29, 0.717) is 0 Å². The Balaban J connectivity index is 2.07. The van der Waals surface area contributed by atoms with Crippen molar-refractivity contribution < 1.29 is 0 Å². The molecule has 106 valence electrons. The zero-order valence-electron chi connectivity index (χ0n) is 12.0. The molecule has 1 aliphatic heterocycles. The summed E-state index contributed by atoms with van der Waals surface area (Å²) in [7, 11) is 0. The standard InChI is InChI=1S/C16H25ClN2/c1-3-12-7-8-19(11-12)16-6-5-13(10-15(16)17)9-14(18)4-2/h5-6,10,12,14H,3-4,7-9,11,18H2,1-2H3. The Morgan fingerprint density at radius 1 is 1.42 bits per heavy atom. The van der Waals surface area contributed by atoms with Gasteiger partial charge in [0.1, 0.15) is 0 Å². The Bertz CT molecular complexity index is 419. The van der Waals surface area contributed by atoms with Gasteiger partial charge in [0, 0.05) is 19.1 Å². The van der Waals surface area contributed by atoms with Crippen LogP contribution < -0.4 is 10.6 Å². The van der Waals surface area contributed by atoms with Crippen molar-refractivity contribution in [2.45, 2.75) is 45.6 Å². The fourth-order valence-electron chi connectivity index (χ4n) is 2.77. The number of benzene rings is 1. The van der Waals surface area contributed by atoms with Gasteiger partial charge in [0.25, 0.3) is 0 Å². The van der Waals surface area contributed by atoms with Gasteiger partial charge in [0.15, 0.2) is 0 Å². The average molecular weight is 281 g/mol. The first-order valence-electron chi connectivity index (χ1n) is 7.43. The molecule has 2 unspecified atom stereocenters. The minimum absolute atomic E-state index is 0.234. The molecular weight excluding hydrogens is 256 g/mol. The van der Waals surface area contributed by atoms with Gasteiger partial charge in [0.05, 0.1) is 10.7 Å². The van der Waals surface area contributed by atoms with E-state index in [4.69, 9.17) is 17.3 Å². The predicted molar refractivity (Wildman–Crippen MR) is 84.0 cm³/mol. The SMILES string of the molecule is CCC(N)Cc1ccc(N2CCC(CC)C2)c(Cl)c1. The normalized spacial score (nSPS) is 20.8. The lowest BCUT2D eigenvalue weighted by molar-refractivity contribution is 0.569. The molecule has 3 heteroatoms. The van der Waals surface area contributed by atoms with Gasteiger partial charge in [-0.1, -0.05) is 37.9 Å². The van der Waals surface area contributed by atoms with Crippen LogP contribution in [0.25, 0.3) is 0 Å². The van der Waals surface area contributed by atoms with Gasteiger partial charge < -0.3 is 10.6 Å². The Morgan fingerprint density at radius 2 is 2.21 bits per heavy atom. The van der Waals surface area contributed by atoms with Gasteiger partial charge in [-0.3, -0.25) is 0 Å². The summed E-state index contributed by atoms with van der Waals surface area (Å²) in [6.45, 7) is 6.66. The van der Waals surface area contributed by atoms with E-state index in [9.17, 15) is 0 Å². The highest BCUT2D eigenvalue weighted by Crippen LogP contribution is 2.32. The molecular formula is C16H25ClN2. The highest BCUT2D eigenvalue weighted by atomic mass is 35.5. The monoisotopic (exact) mass is 280 g/mol. The van der Waals surface area contributed by atoms with E-state index in [1.165, 1.54) is 24.1 Å². The van der Waals surface area contributed by atoms with Crippen molar-refractivity contribution in [3.63, 3.8) is 0 Å². The second kappa shape index (κ2) is 6.62. The average Bonchev–Trinajstić information content (AvgIpc) is 2.87. The maximum atomic E-state index is 6.44. The van der Waals surface area contributed by atoms with Crippen LogP contribution in [0.3, 0.4) is 0 Å². The molecule has 2 rings (SSSR count). The zero-order chi connectivity index (χ0) is 13.8. The van der Waals surface area contributed by atoms with Crippen LogP contribution in [-0.2, 0) is 6.42 Å². The van der Waals surface area contributed by atoms with Crippen molar-refractivity contribution in [3.8, 4) is 0 Å². The van der Waals surface area contributed by atoms with Gasteiger partial charge in [-0.25, -0.2) is 0 Å². The summed E-state index contributed by atoms with van der Waals surface area (Å²) in [6, 6.07) is 6.66. The van der Waals surface area contributed by atoms with E-state index in [0.717, 1.165) is 36.9 Å². The number of hydrogen-bond donors (Lipinski definition) is 1. The quantitative estimate of drug-likeness (QED) is 0.887. The van der Waals surface area contributed by atoms with Crippen LogP contribution in [0.15, 0.2) is 18.2 Å². The van der Waals surface area contributed by atoms with Crippen molar-refractivity contribution in [1.29, 1.82) is 0 Å². The number of nitrogens with two attached hydrogens (primary N) is 1. The van der Waals surface area contributed by atoms with E-state index >= 15 is 0 Å². The summed E-state index contributed by atoms with van der Waals surface area (Å²) < 4.78 is 0. The third-order valence-electron chi connectivity index (χ3n) is 4.24. The summed E-state index contributed by atoms with van der Waals surface area (Å²) in [4.78, 5) is 2.42. The molecule has 0 radical (unpaired) electrons. The molecule has 0 spiro atoms. The van der Waals surface area contributed by atoms with Gasteiger partial charge >= 0.3 is 0 Å². The Morgan fingerprint density at radius 3 is 2.79 bits per heavy atom. The minimum atomic E-state index is 0.234. The first-order chi connectivity index (χ1) is 9.13. The summed E-state index contributed by atoms with van der Waals surface area (Å²) in [6.07, 6.45) is 4.46. The molecule has 0 saturated carbocycles. The minimum Gasteiger partial charge on any atom is -0.370 e. The van der Waals surface area contributed by atoms with Crippen molar-refractivity contribution >= 4 is 17.3 Å². The van der Waals surface area contributed by atoms with Crippen molar-refractivity contribution in [2.24, 2.45) is 11.7 Å². The maximum absolute atomic E-state index is 6.44. The van der Waals surface area contributed by atoms with Crippen LogP contribution >= 0.6 is 11.6 Å². The Hall–Kier alpha value is -0.730. The molecule has 2 atom stereocenters. The number of anilines is 1. The molecule has 2 nitrogen and oxygen atoms in total. The molecule has 1 aromatic rings.